The van der Waals surface area contributed by atoms with E-state index in [0.29, 0.717) is 11.4 Å². The van der Waals surface area contributed by atoms with Gasteiger partial charge in [0.05, 0.1) is 25.8 Å². The second kappa shape index (κ2) is 7.45. The van der Waals surface area contributed by atoms with Crippen LogP contribution in [0.15, 0.2) is 54.7 Å². The molecule has 5 nitrogen and oxygen atoms in total. The summed E-state index contributed by atoms with van der Waals surface area (Å²) in [6.45, 7) is 1.23. The highest BCUT2D eigenvalue weighted by molar-refractivity contribution is 6.30. The number of hydrogen-bond acceptors (Lipinski definition) is 2. The van der Waals surface area contributed by atoms with Gasteiger partial charge in [0, 0.05) is 10.6 Å². The highest BCUT2D eigenvalue weighted by atomic mass is 35.5. The Morgan fingerprint density at radius 2 is 2.00 bits per heavy atom. The summed E-state index contributed by atoms with van der Waals surface area (Å²) in [6, 6.07) is 15.2. The molecule has 2 heterocycles. The minimum atomic E-state index is -0.0764. The first-order chi connectivity index (χ1) is 13.2. The number of anilines is 1. The summed E-state index contributed by atoms with van der Waals surface area (Å²) < 4.78 is 9.64. The van der Waals surface area contributed by atoms with E-state index in [2.05, 4.69) is 16.1 Å². The molecule has 27 heavy (non-hydrogen) atoms. The van der Waals surface area contributed by atoms with Gasteiger partial charge in [-0.2, -0.15) is 0 Å². The molecule has 4 rings (SSSR count). The standard InChI is InChI=1S/C21H20ClN3O2/c1-27-19-6-3-2-5-17(19)23-20(26)14-24-13-18(25-12-4-7-21(24)25)15-8-10-16(22)11-9-15/h2-3,5-6,8-11,13H,4,7,12,14H2,1H3/p+1. The van der Waals surface area contributed by atoms with Crippen molar-refractivity contribution < 1.29 is 14.1 Å². The molecule has 1 aliphatic rings. The van der Waals surface area contributed by atoms with E-state index < -0.39 is 0 Å². The molecule has 1 N–H and O–H groups in total. The van der Waals surface area contributed by atoms with E-state index in [1.54, 1.807) is 7.11 Å². The van der Waals surface area contributed by atoms with Gasteiger partial charge in [0.2, 0.25) is 0 Å². The third-order valence-corrected chi connectivity index (χ3v) is 5.08. The number of carbonyl (C=O) groups is 1. The van der Waals surface area contributed by atoms with Crippen LogP contribution in [0.3, 0.4) is 0 Å². The van der Waals surface area contributed by atoms with Crippen molar-refractivity contribution in [3.8, 4) is 17.0 Å². The Hall–Kier alpha value is -2.79. The smallest absolute Gasteiger partial charge is 0.266 e. The zero-order valence-electron chi connectivity index (χ0n) is 15.1. The Kier molecular flexibility index (Phi) is 4.86. The van der Waals surface area contributed by atoms with Gasteiger partial charge in [-0.05, 0) is 42.8 Å². The fourth-order valence-electron chi connectivity index (χ4n) is 3.59. The number of nitrogens with zero attached hydrogens (tertiary/aromatic N) is 2. The summed E-state index contributed by atoms with van der Waals surface area (Å²) in [4.78, 5) is 12.6. The molecule has 0 atom stereocenters. The van der Waals surface area contributed by atoms with Gasteiger partial charge < -0.3 is 10.1 Å². The number of aromatic nitrogens is 2. The molecule has 0 spiro atoms. The Morgan fingerprint density at radius 1 is 1.22 bits per heavy atom. The fourth-order valence-corrected chi connectivity index (χ4v) is 3.72. The van der Waals surface area contributed by atoms with E-state index in [1.807, 2.05) is 53.1 Å². The number of rotatable bonds is 5. The molecule has 0 bridgehead atoms. The molecule has 138 valence electrons. The van der Waals surface area contributed by atoms with Gasteiger partial charge in [0.15, 0.2) is 12.2 Å². The molecule has 3 aromatic rings. The van der Waals surface area contributed by atoms with E-state index in [1.165, 1.54) is 5.82 Å². The number of carbonyl (C=O) groups excluding carboxylic acids is 1. The van der Waals surface area contributed by atoms with Crippen molar-refractivity contribution in [3.05, 3.63) is 65.6 Å². The van der Waals surface area contributed by atoms with E-state index in [-0.39, 0.29) is 12.5 Å². The predicted octanol–water partition coefficient (Wildman–Crippen LogP) is 3.69. The van der Waals surface area contributed by atoms with Crippen molar-refractivity contribution in [2.24, 2.45) is 0 Å². The van der Waals surface area contributed by atoms with Crippen LogP contribution in [-0.4, -0.2) is 17.6 Å². The Morgan fingerprint density at radius 3 is 2.78 bits per heavy atom. The number of para-hydroxylation sites is 2. The molecule has 0 saturated carbocycles. The van der Waals surface area contributed by atoms with Gasteiger partial charge >= 0.3 is 0 Å². The minimum absolute atomic E-state index is 0.0764. The summed E-state index contributed by atoms with van der Waals surface area (Å²) in [5.41, 5.74) is 2.90. The van der Waals surface area contributed by atoms with E-state index >= 15 is 0 Å². The van der Waals surface area contributed by atoms with Gasteiger partial charge in [-0.15, -0.1) is 0 Å². The fraction of sp³-hybridized carbons (Fsp3) is 0.238. The lowest BCUT2D eigenvalue weighted by atomic mass is 10.2. The van der Waals surface area contributed by atoms with Crippen molar-refractivity contribution in [1.82, 2.24) is 4.57 Å². The number of halogens is 1. The minimum Gasteiger partial charge on any atom is -0.495 e. The monoisotopic (exact) mass is 382 g/mol. The lowest BCUT2D eigenvalue weighted by Crippen LogP contribution is -2.42. The third-order valence-electron chi connectivity index (χ3n) is 4.83. The van der Waals surface area contributed by atoms with Crippen LogP contribution < -0.4 is 14.6 Å². The van der Waals surface area contributed by atoms with E-state index in [9.17, 15) is 4.79 Å². The first kappa shape index (κ1) is 17.6. The van der Waals surface area contributed by atoms with Crippen molar-refractivity contribution in [2.75, 3.05) is 12.4 Å². The van der Waals surface area contributed by atoms with Crippen LogP contribution in [0.2, 0.25) is 5.02 Å². The van der Waals surface area contributed by atoms with Gasteiger partial charge in [0.1, 0.15) is 11.9 Å². The van der Waals surface area contributed by atoms with Gasteiger partial charge in [0.25, 0.3) is 11.7 Å². The zero-order valence-corrected chi connectivity index (χ0v) is 15.9. The quantitative estimate of drug-likeness (QED) is 0.684. The molecule has 0 unspecified atom stereocenters. The lowest BCUT2D eigenvalue weighted by Gasteiger charge is -2.09. The largest absolute Gasteiger partial charge is 0.495 e. The topological polar surface area (TPSA) is 47.1 Å². The van der Waals surface area contributed by atoms with Crippen LogP contribution >= 0.6 is 11.6 Å². The molecule has 0 radical (unpaired) electrons. The first-order valence-electron chi connectivity index (χ1n) is 8.96. The Labute approximate surface area is 163 Å². The molecular formula is C21H21ClN3O2+. The number of ether oxygens (including phenoxy) is 1. The van der Waals surface area contributed by atoms with E-state index in [0.717, 1.165) is 35.7 Å². The molecule has 1 aromatic heterocycles. The average molecular weight is 383 g/mol. The maximum absolute atomic E-state index is 12.6. The third kappa shape index (κ3) is 3.55. The van der Waals surface area contributed by atoms with Gasteiger partial charge in [-0.1, -0.05) is 23.7 Å². The number of nitrogens with one attached hydrogen (secondary N) is 1. The van der Waals surface area contributed by atoms with Crippen molar-refractivity contribution in [3.63, 3.8) is 0 Å². The van der Waals surface area contributed by atoms with Gasteiger partial charge in [-0.25, -0.2) is 9.13 Å². The van der Waals surface area contributed by atoms with E-state index in [4.69, 9.17) is 16.3 Å². The van der Waals surface area contributed by atoms with Crippen LogP contribution in [0.5, 0.6) is 5.75 Å². The number of hydrogen-bond donors (Lipinski definition) is 1. The van der Waals surface area contributed by atoms with Crippen LogP contribution in [0.1, 0.15) is 12.2 Å². The average Bonchev–Trinajstić information content (AvgIpc) is 3.27. The molecule has 2 aromatic carbocycles. The van der Waals surface area contributed by atoms with Crippen molar-refractivity contribution >= 4 is 23.2 Å². The highest BCUT2D eigenvalue weighted by Crippen LogP contribution is 2.26. The molecule has 1 aliphatic heterocycles. The maximum atomic E-state index is 12.6. The van der Waals surface area contributed by atoms with Crippen LogP contribution in [-0.2, 0) is 24.3 Å². The first-order valence-corrected chi connectivity index (χ1v) is 9.34. The van der Waals surface area contributed by atoms with Crippen LogP contribution in [0, 0.1) is 0 Å². The molecule has 6 heteroatoms. The van der Waals surface area contributed by atoms with Crippen molar-refractivity contribution in [1.29, 1.82) is 0 Å². The zero-order chi connectivity index (χ0) is 18.8. The second-order valence-corrected chi connectivity index (χ2v) is 7.01. The van der Waals surface area contributed by atoms with Gasteiger partial charge in [-0.3, -0.25) is 4.79 Å². The van der Waals surface area contributed by atoms with Crippen LogP contribution in [0.25, 0.3) is 11.3 Å². The number of imidazole rings is 1. The number of benzene rings is 2. The summed E-state index contributed by atoms with van der Waals surface area (Å²) in [5, 5.41) is 3.66. The molecule has 1 amide bonds. The Balaban J connectivity index is 1.58. The molecular weight excluding hydrogens is 362 g/mol. The van der Waals surface area contributed by atoms with Crippen molar-refractivity contribution in [2.45, 2.75) is 25.9 Å². The second-order valence-electron chi connectivity index (χ2n) is 6.57. The highest BCUT2D eigenvalue weighted by Gasteiger charge is 2.29. The number of methoxy groups -OCH3 is 1. The SMILES string of the molecule is COc1ccccc1NC(=O)C[n+]1cc(-c2ccc(Cl)cc2)n2c1CCC2. The predicted molar refractivity (Wildman–Crippen MR) is 105 cm³/mol. The number of fused-ring (bicyclic) bond motifs is 1. The summed E-state index contributed by atoms with van der Waals surface area (Å²) in [7, 11) is 1.60. The lowest BCUT2D eigenvalue weighted by molar-refractivity contribution is -0.690. The molecule has 0 saturated heterocycles. The molecule has 0 aliphatic carbocycles. The van der Waals surface area contributed by atoms with Crippen LogP contribution in [0.4, 0.5) is 5.69 Å². The normalized spacial score (nSPS) is 12.7. The summed E-state index contributed by atoms with van der Waals surface area (Å²) >= 11 is 6.02. The maximum Gasteiger partial charge on any atom is 0.266 e. The molecule has 0 fully saturated rings. The summed E-state index contributed by atoms with van der Waals surface area (Å²) in [6.07, 6.45) is 4.11. The summed E-state index contributed by atoms with van der Waals surface area (Å²) in [5.74, 6) is 1.75. The Bertz CT molecular complexity index is 980. The number of amides is 1.